The van der Waals surface area contributed by atoms with Crippen LogP contribution in [0.2, 0.25) is 0 Å². The maximum Gasteiger partial charge on any atom is 0.255 e. The van der Waals surface area contributed by atoms with Crippen LogP contribution in [-0.2, 0) is 0 Å². The molecule has 0 aliphatic rings. The molecular formula is C19H12BrN3O2. The van der Waals surface area contributed by atoms with Crippen LogP contribution in [0.15, 0.2) is 75.9 Å². The first-order valence-electron chi connectivity index (χ1n) is 7.57. The first-order valence-corrected chi connectivity index (χ1v) is 8.36. The summed E-state index contributed by atoms with van der Waals surface area (Å²) in [7, 11) is 0. The van der Waals surface area contributed by atoms with Crippen LogP contribution in [0.3, 0.4) is 0 Å². The van der Waals surface area contributed by atoms with Crippen LogP contribution in [0.25, 0.3) is 22.6 Å². The second kappa shape index (κ2) is 6.49. The number of rotatable bonds is 3. The monoisotopic (exact) mass is 393 g/mol. The van der Waals surface area contributed by atoms with Gasteiger partial charge in [0.25, 0.3) is 5.91 Å². The highest BCUT2D eigenvalue weighted by Crippen LogP contribution is 2.26. The van der Waals surface area contributed by atoms with E-state index in [2.05, 4.69) is 31.2 Å². The van der Waals surface area contributed by atoms with E-state index < -0.39 is 0 Å². The molecule has 4 aromatic rings. The van der Waals surface area contributed by atoms with Crippen molar-refractivity contribution in [3.8, 4) is 11.5 Å². The molecule has 0 fully saturated rings. The van der Waals surface area contributed by atoms with Crippen molar-refractivity contribution in [1.29, 1.82) is 0 Å². The van der Waals surface area contributed by atoms with E-state index in [9.17, 15) is 4.79 Å². The number of halogens is 1. The number of aromatic nitrogens is 2. The molecule has 0 saturated carbocycles. The number of carbonyl (C=O) groups excluding carboxylic acids is 1. The molecule has 0 saturated heterocycles. The van der Waals surface area contributed by atoms with Gasteiger partial charge in [-0.1, -0.05) is 15.9 Å². The number of hydrogen-bond acceptors (Lipinski definition) is 4. The van der Waals surface area contributed by atoms with Gasteiger partial charge in [0, 0.05) is 39.7 Å². The molecule has 0 unspecified atom stereocenters. The van der Waals surface area contributed by atoms with Gasteiger partial charge in [-0.3, -0.25) is 9.78 Å². The van der Waals surface area contributed by atoms with Gasteiger partial charge in [-0.15, -0.1) is 0 Å². The summed E-state index contributed by atoms with van der Waals surface area (Å²) in [6, 6.07) is 16.2. The lowest BCUT2D eigenvalue weighted by molar-refractivity contribution is 0.102. The first-order chi connectivity index (χ1) is 12.2. The smallest absolute Gasteiger partial charge is 0.255 e. The van der Waals surface area contributed by atoms with Crippen LogP contribution in [0, 0.1) is 0 Å². The van der Waals surface area contributed by atoms with Crippen LogP contribution in [-0.4, -0.2) is 15.9 Å². The first kappa shape index (κ1) is 15.5. The molecule has 0 atom stereocenters. The molecule has 25 heavy (non-hydrogen) atoms. The summed E-state index contributed by atoms with van der Waals surface area (Å²) in [5, 5.41) is 2.87. The molecule has 5 nitrogen and oxygen atoms in total. The van der Waals surface area contributed by atoms with Gasteiger partial charge < -0.3 is 9.73 Å². The highest BCUT2D eigenvalue weighted by molar-refractivity contribution is 9.10. The molecule has 2 aromatic heterocycles. The van der Waals surface area contributed by atoms with Gasteiger partial charge in [0.2, 0.25) is 5.89 Å². The number of anilines is 1. The molecule has 0 aliphatic carbocycles. The van der Waals surface area contributed by atoms with Crippen molar-refractivity contribution in [2.24, 2.45) is 0 Å². The molecule has 1 amide bonds. The van der Waals surface area contributed by atoms with Gasteiger partial charge in [0.05, 0.1) is 0 Å². The van der Waals surface area contributed by atoms with Crippen molar-refractivity contribution in [2.45, 2.75) is 0 Å². The summed E-state index contributed by atoms with van der Waals surface area (Å²) in [6.45, 7) is 0. The third-order valence-electron chi connectivity index (χ3n) is 3.68. The molecule has 4 rings (SSSR count). The highest BCUT2D eigenvalue weighted by atomic mass is 79.9. The zero-order valence-electron chi connectivity index (χ0n) is 12.9. The summed E-state index contributed by atoms with van der Waals surface area (Å²) in [5.74, 6) is 0.342. The number of nitrogens with one attached hydrogen (secondary N) is 1. The van der Waals surface area contributed by atoms with Gasteiger partial charge in [-0.05, 0) is 48.5 Å². The Morgan fingerprint density at radius 1 is 1.00 bits per heavy atom. The van der Waals surface area contributed by atoms with Gasteiger partial charge in [-0.25, -0.2) is 4.98 Å². The number of pyridine rings is 1. The van der Waals surface area contributed by atoms with Crippen LogP contribution >= 0.6 is 15.9 Å². The minimum absolute atomic E-state index is 0.180. The van der Waals surface area contributed by atoms with Gasteiger partial charge in [-0.2, -0.15) is 0 Å². The van der Waals surface area contributed by atoms with Crippen molar-refractivity contribution in [1.82, 2.24) is 9.97 Å². The molecule has 6 heteroatoms. The molecule has 0 spiro atoms. The topological polar surface area (TPSA) is 68.0 Å². The number of amides is 1. The van der Waals surface area contributed by atoms with Gasteiger partial charge >= 0.3 is 0 Å². The van der Waals surface area contributed by atoms with Crippen LogP contribution in [0.4, 0.5) is 5.69 Å². The summed E-state index contributed by atoms with van der Waals surface area (Å²) in [5.41, 5.74) is 3.43. The molecule has 0 aliphatic heterocycles. The van der Waals surface area contributed by atoms with Gasteiger partial charge in [0.15, 0.2) is 5.58 Å². The fourth-order valence-corrected chi connectivity index (χ4v) is 2.69. The Balaban J connectivity index is 1.61. The number of hydrogen-bond donors (Lipinski definition) is 1. The summed E-state index contributed by atoms with van der Waals surface area (Å²) in [4.78, 5) is 20.8. The van der Waals surface area contributed by atoms with E-state index in [0.29, 0.717) is 22.7 Å². The van der Waals surface area contributed by atoms with Crippen molar-refractivity contribution in [3.05, 3.63) is 77.0 Å². The molecule has 2 heterocycles. The van der Waals surface area contributed by atoms with Crippen molar-refractivity contribution < 1.29 is 9.21 Å². The van der Waals surface area contributed by atoms with E-state index in [1.54, 1.807) is 36.7 Å². The summed E-state index contributed by atoms with van der Waals surface area (Å²) >= 11 is 3.36. The molecular weight excluding hydrogens is 382 g/mol. The van der Waals surface area contributed by atoms with Crippen LogP contribution in [0.5, 0.6) is 0 Å². The lowest BCUT2D eigenvalue weighted by Gasteiger charge is -2.05. The Hall–Kier alpha value is -2.99. The predicted molar refractivity (Wildman–Crippen MR) is 99.3 cm³/mol. The largest absolute Gasteiger partial charge is 0.436 e. The molecule has 0 radical (unpaired) electrons. The zero-order chi connectivity index (χ0) is 17.2. The van der Waals surface area contributed by atoms with E-state index >= 15 is 0 Å². The molecule has 0 bridgehead atoms. The van der Waals surface area contributed by atoms with E-state index in [-0.39, 0.29) is 5.91 Å². The average molecular weight is 394 g/mol. The fraction of sp³-hybridized carbons (Fsp3) is 0. The van der Waals surface area contributed by atoms with Crippen molar-refractivity contribution in [3.63, 3.8) is 0 Å². The summed E-state index contributed by atoms with van der Waals surface area (Å²) < 4.78 is 6.73. The van der Waals surface area contributed by atoms with E-state index in [4.69, 9.17) is 4.42 Å². The highest BCUT2D eigenvalue weighted by Gasteiger charge is 2.10. The second-order valence-corrected chi connectivity index (χ2v) is 6.31. The Morgan fingerprint density at radius 2 is 1.76 bits per heavy atom. The van der Waals surface area contributed by atoms with Crippen molar-refractivity contribution in [2.75, 3.05) is 5.32 Å². The van der Waals surface area contributed by atoms with Gasteiger partial charge in [0.1, 0.15) is 5.52 Å². The maximum absolute atomic E-state index is 12.3. The molecule has 1 N–H and O–H groups in total. The Labute approximate surface area is 151 Å². The normalized spacial score (nSPS) is 10.8. The third-order valence-corrected chi connectivity index (χ3v) is 4.21. The Kier molecular flexibility index (Phi) is 4.03. The minimum atomic E-state index is -0.180. The lowest BCUT2D eigenvalue weighted by atomic mass is 10.2. The molecule has 122 valence electrons. The summed E-state index contributed by atoms with van der Waals surface area (Å²) in [6.07, 6.45) is 3.38. The number of carbonyl (C=O) groups is 1. The predicted octanol–water partition coefficient (Wildman–Crippen LogP) is 4.90. The third kappa shape index (κ3) is 3.29. The van der Waals surface area contributed by atoms with E-state index in [1.165, 1.54) is 0 Å². The van der Waals surface area contributed by atoms with E-state index in [1.807, 2.05) is 30.3 Å². The number of benzene rings is 2. The number of oxazole rings is 1. The van der Waals surface area contributed by atoms with Crippen LogP contribution in [0.1, 0.15) is 10.4 Å². The van der Waals surface area contributed by atoms with E-state index in [0.717, 1.165) is 15.6 Å². The molecule has 2 aromatic carbocycles. The Bertz CT molecular complexity index is 1040. The quantitative estimate of drug-likeness (QED) is 0.537. The zero-order valence-corrected chi connectivity index (χ0v) is 14.5. The minimum Gasteiger partial charge on any atom is -0.436 e. The fourth-order valence-electron chi connectivity index (χ4n) is 2.42. The van der Waals surface area contributed by atoms with Crippen LogP contribution < -0.4 is 5.32 Å². The Morgan fingerprint density at radius 3 is 2.52 bits per heavy atom. The van der Waals surface area contributed by atoms with Crippen molar-refractivity contribution >= 4 is 38.6 Å². The lowest BCUT2D eigenvalue weighted by Crippen LogP contribution is -2.11. The maximum atomic E-state index is 12.3. The average Bonchev–Trinajstić information content (AvgIpc) is 3.06. The SMILES string of the molecule is O=C(Nc1ccc2nc(-c3ccncc3)oc2c1)c1ccc(Br)cc1. The number of fused-ring (bicyclic) bond motifs is 1. The standard InChI is InChI=1S/C19H12BrN3O2/c20-14-3-1-12(2-4-14)18(24)22-15-5-6-16-17(11-15)25-19(23-16)13-7-9-21-10-8-13/h1-11H,(H,22,24). The second-order valence-electron chi connectivity index (χ2n) is 5.40. The number of nitrogens with zero attached hydrogens (tertiary/aromatic N) is 2.